The molecule has 0 aromatic heterocycles. The molecule has 0 aliphatic carbocycles. The maximum Gasteiger partial charge on any atom is 0.0909 e. The zero-order chi connectivity index (χ0) is 12.8. The van der Waals surface area contributed by atoms with Crippen molar-refractivity contribution < 1.29 is 0 Å². The van der Waals surface area contributed by atoms with E-state index in [0.29, 0.717) is 6.42 Å². The molecule has 0 aliphatic heterocycles. The Morgan fingerprint density at radius 1 is 1.35 bits per heavy atom. The van der Waals surface area contributed by atoms with E-state index >= 15 is 0 Å². The first-order chi connectivity index (χ1) is 8.08. The SMILES string of the molecule is CCN(C)/C=N/c1c(C)cc(CC#N)cc1C. The summed E-state index contributed by atoms with van der Waals surface area (Å²) in [6.45, 7) is 7.09. The molecule has 1 aromatic carbocycles. The minimum atomic E-state index is 0.459. The Bertz CT molecular complexity index is 432. The summed E-state index contributed by atoms with van der Waals surface area (Å²) < 4.78 is 0. The molecular weight excluding hydrogens is 210 g/mol. The van der Waals surface area contributed by atoms with E-state index in [-0.39, 0.29) is 0 Å². The molecule has 0 aliphatic rings. The molecule has 3 heteroatoms. The van der Waals surface area contributed by atoms with Crippen molar-refractivity contribution in [1.29, 1.82) is 5.26 Å². The van der Waals surface area contributed by atoms with Gasteiger partial charge in [0.15, 0.2) is 0 Å². The van der Waals surface area contributed by atoms with E-state index in [1.165, 1.54) is 0 Å². The summed E-state index contributed by atoms with van der Waals surface area (Å²) >= 11 is 0. The van der Waals surface area contributed by atoms with Gasteiger partial charge in [0.05, 0.1) is 24.5 Å². The summed E-state index contributed by atoms with van der Waals surface area (Å²) in [4.78, 5) is 6.53. The van der Waals surface area contributed by atoms with Gasteiger partial charge in [-0.3, -0.25) is 0 Å². The van der Waals surface area contributed by atoms with Gasteiger partial charge in [-0.1, -0.05) is 12.1 Å². The molecule has 0 bridgehead atoms. The second kappa shape index (κ2) is 6.05. The molecule has 0 spiro atoms. The average Bonchev–Trinajstić information content (AvgIpc) is 2.28. The van der Waals surface area contributed by atoms with E-state index in [1.807, 2.05) is 44.3 Å². The van der Waals surface area contributed by atoms with E-state index in [0.717, 1.165) is 28.9 Å². The number of hydrogen-bond donors (Lipinski definition) is 0. The second-order valence-electron chi connectivity index (χ2n) is 4.23. The Kier molecular flexibility index (Phi) is 4.71. The van der Waals surface area contributed by atoms with Crippen LogP contribution in [0.5, 0.6) is 0 Å². The maximum atomic E-state index is 8.69. The number of aryl methyl sites for hydroxylation is 2. The van der Waals surface area contributed by atoms with Gasteiger partial charge in [0.2, 0.25) is 0 Å². The van der Waals surface area contributed by atoms with Crippen molar-refractivity contribution in [2.75, 3.05) is 13.6 Å². The van der Waals surface area contributed by atoms with Crippen LogP contribution in [0.2, 0.25) is 0 Å². The summed E-state index contributed by atoms with van der Waals surface area (Å²) in [7, 11) is 2.00. The van der Waals surface area contributed by atoms with Crippen LogP contribution in [0, 0.1) is 25.2 Å². The van der Waals surface area contributed by atoms with Crippen LogP contribution < -0.4 is 0 Å². The molecule has 0 N–H and O–H groups in total. The number of aliphatic imine (C=N–C) groups is 1. The number of hydrogen-bond acceptors (Lipinski definition) is 2. The fourth-order valence-electron chi connectivity index (χ4n) is 1.68. The molecule has 0 atom stereocenters. The fourth-order valence-corrected chi connectivity index (χ4v) is 1.68. The number of nitrogens with zero attached hydrogens (tertiary/aromatic N) is 3. The Morgan fingerprint density at radius 3 is 2.41 bits per heavy atom. The maximum absolute atomic E-state index is 8.69. The van der Waals surface area contributed by atoms with Gasteiger partial charge in [0.1, 0.15) is 0 Å². The van der Waals surface area contributed by atoms with Crippen LogP contribution in [-0.2, 0) is 6.42 Å². The fraction of sp³-hybridized carbons (Fsp3) is 0.429. The highest BCUT2D eigenvalue weighted by atomic mass is 15.1. The largest absolute Gasteiger partial charge is 0.366 e. The Hall–Kier alpha value is -1.82. The van der Waals surface area contributed by atoms with Crippen LogP contribution >= 0.6 is 0 Å². The minimum Gasteiger partial charge on any atom is -0.366 e. The molecule has 90 valence electrons. The van der Waals surface area contributed by atoms with Crippen molar-refractivity contribution in [3.63, 3.8) is 0 Å². The predicted molar refractivity (Wildman–Crippen MR) is 71.7 cm³/mol. The van der Waals surface area contributed by atoms with Gasteiger partial charge in [-0.2, -0.15) is 5.26 Å². The third-order valence-electron chi connectivity index (χ3n) is 2.72. The smallest absolute Gasteiger partial charge is 0.0909 e. The van der Waals surface area contributed by atoms with Gasteiger partial charge >= 0.3 is 0 Å². The van der Waals surface area contributed by atoms with Gasteiger partial charge in [0, 0.05) is 13.6 Å². The Balaban J connectivity index is 3.02. The molecule has 1 aromatic rings. The third kappa shape index (κ3) is 3.60. The van der Waals surface area contributed by atoms with Gasteiger partial charge in [0.25, 0.3) is 0 Å². The number of benzene rings is 1. The third-order valence-corrected chi connectivity index (χ3v) is 2.72. The van der Waals surface area contributed by atoms with Crippen molar-refractivity contribution >= 4 is 12.0 Å². The van der Waals surface area contributed by atoms with Crippen LogP contribution in [0.15, 0.2) is 17.1 Å². The molecule has 17 heavy (non-hydrogen) atoms. The molecule has 1 rings (SSSR count). The zero-order valence-corrected chi connectivity index (χ0v) is 11.0. The van der Waals surface area contributed by atoms with E-state index < -0.39 is 0 Å². The Labute approximate surface area is 103 Å². The van der Waals surface area contributed by atoms with Gasteiger partial charge < -0.3 is 4.90 Å². The van der Waals surface area contributed by atoms with Crippen molar-refractivity contribution in [2.24, 2.45) is 4.99 Å². The number of rotatable bonds is 4. The van der Waals surface area contributed by atoms with E-state index in [9.17, 15) is 0 Å². The molecule has 3 nitrogen and oxygen atoms in total. The average molecular weight is 229 g/mol. The lowest BCUT2D eigenvalue weighted by atomic mass is 10.0. The molecule has 0 saturated heterocycles. The highest BCUT2D eigenvalue weighted by Gasteiger charge is 2.03. The van der Waals surface area contributed by atoms with E-state index in [1.54, 1.807) is 0 Å². The van der Waals surface area contributed by atoms with Gasteiger partial charge in [-0.25, -0.2) is 4.99 Å². The lowest BCUT2D eigenvalue weighted by Gasteiger charge is -2.11. The summed E-state index contributed by atoms with van der Waals surface area (Å²) in [5.41, 5.74) is 4.31. The molecule has 0 amide bonds. The highest BCUT2D eigenvalue weighted by Crippen LogP contribution is 2.25. The molecule has 0 heterocycles. The van der Waals surface area contributed by atoms with Crippen molar-refractivity contribution in [3.8, 4) is 6.07 Å². The molecule has 0 saturated carbocycles. The summed E-state index contributed by atoms with van der Waals surface area (Å²) in [6.07, 6.45) is 2.31. The van der Waals surface area contributed by atoms with E-state index in [4.69, 9.17) is 5.26 Å². The zero-order valence-electron chi connectivity index (χ0n) is 11.0. The quantitative estimate of drug-likeness (QED) is 0.588. The first-order valence-corrected chi connectivity index (χ1v) is 5.80. The predicted octanol–water partition coefficient (Wildman–Crippen LogP) is 2.98. The lowest BCUT2D eigenvalue weighted by Crippen LogP contribution is -2.14. The molecule has 0 fully saturated rings. The first-order valence-electron chi connectivity index (χ1n) is 5.80. The Morgan fingerprint density at radius 2 is 1.94 bits per heavy atom. The van der Waals surface area contributed by atoms with Crippen LogP contribution in [0.4, 0.5) is 5.69 Å². The summed E-state index contributed by atoms with van der Waals surface area (Å²) in [5.74, 6) is 0. The second-order valence-corrected chi connectivity index (χ2v) is 4.23. The van der Waals surface area contributed by atoms with Gasteiger partial charge in [-0.05, 0) is 37.5 Å². The summed E-state index contributed by atoms with van der Waals surface area (Å²) in [6, 6.07) is 6.24. The van der Waals surface area contributed by atoms with Crippen LogP contribution in [0.25, 0.3) is 0 Å². The summed E-state index contributed by atoms with van der Waals surface area (Å²) in [5, 5.41) is 8.69. The normalized spacial score (nSPS) is 10.5. The molecule has 0 radical (unpaired) electrons. The van der Waals surface area contributed by atoms with Crippen molar-refractivity contribution in [3.05, 3.63) is 28.8 Å². The lowest BCUT2D eigenvalue weighted by molar-refractivity contribution is 0.552. The monoisotopic (exact) mass is 229 g/mol. The molecule has 0 unspecified atom stereocenters. The van der Waals surface area contributed by atoms with Crippen LogP contribution in [0.3, 0.4) is 0 Å². The topological polar surface area (TPSA) is 39.4 Å². The number of nitriles is 1. The minimum absolute atomic E-state index is 0.459. The molecular formula is C14H19N3. The van der Waals surface area contributed by atoms with Crippen LogP contribution in [0.1, 0.15) is 23.6 Å². The van der Waals surface area contributed by atoms with Crippen molar-refractivity contribution in [1.82, 2.24) is 4.90 Å². The first kappa shape index (κ1) is 13.2. The van der Waals surface area contributed by atoms with Crippen LogP contribution in [-0.4, -0.2) is 24.8 Å². The van der Waals surface area contributed by atoms with Gasteiger partial charge in [-0.15, -0.1) is 0 Å². The van der Waals surface area contributed by atoms with E-state index in [2.05, 4.69) is 18.0 Å². The highest BCUT2D eigenvalue weighted by molar-refractivity contribution is 5.65. The standard InChI is InChI=1S/C14H19N3/c1-5-17(4)10-16-14-11(2)8-13(6-7-15)9-12(14)3/h8-10H,5-6H2,1-4H3/b16-10+. The van der Waals surface area contributed by atoms with Crippen molar-refractivity contribution in [2.45, 2.75) is 27.2 Å².